The number of thiophene rings is 1. The zero-order valence-corrected chi connectivity index (χ0v) is 11.5. The molecule has 0 radical (unpaired) electrons. The van der Waals surface area contributed by atoms with Gasteiger partial charge in [-0.2, -0.15) is 0 Å². The predicted molar refractivity (Wildman–Crippen MR) is 73.3 cm³/mol. The van der Waals surface area contributed by atoms with E-state index in [2.05, 4.69) is 0 Å². The van der Waals surface area contributed by atoms with Crippen LogP contribution in [0.1, 0.15) is 18.2 Å². The van der Waals surface area contributed by atoms with Gasteiger partial charge in [0.2, 0.25) is 5.91 Å². The van der Waals surface area contributed by atoms with Gasteiger partial charge in [0.25, 0.3) is 0 Å². The van der Waals surface area contributed by atoms with Crippen molar-refractivity contribution in [2.45, 2.75) is 19.4 Å². The van der Waals surface area contributed by atoms with E-state index in [9.17, 15) is 14.7 Å². The molecule has 1 unspecified atom stereocenters. The largest absolute Gasteiger partial charge is 0.480 e. The number of amides is 1. The van der Waals surface area contributed by atoms with Crippen molar-refractivity contribution in [2.75, 3.05) is 5.75 Å². The number of hydrogen-bond donors (Lipinski definition) is 1. The van der Waals surface area contributed by atoms with Gasteiger partial charge in [0, 0.05) is 0 Å². The van der Waals surface area contributed by atoms with E-state index >= 15 is 0 Å². The molecule has 1 amide bonds. The van der Waals surface area contributed by atoms with Crippen molar-refractivity contribution in [2.24, 2.45) is 0 Å². The first-order valence-corrected chi connectivity index (χ1v) is 7.48. The molecule has 0 bridgehead atoms. The van der Waals surface area contributed by atoms with Crippen LogP contribution in [0, 0.1) is 0 Å². The van der Waals surface area contributed by atoms with E-state index in [0.29, 0.717) is 17.9 Å². The summed E-state index contributed by atoms with van der Waals surface area (Å²) in [6, 6.07) is 3.01. The average molecular weight is 283 g/mol. The molecular formula is C12H13NO3S2. The molecule has 2 heterocycles. The number of aliphatic carboxylic acids is 1. The fourth-order valence-corrected chi connectivity index (χ4v) is 3.44. The molecule has 96 valence electrons. The summed E-state index contributed by atoms with van der Waals surface area (Å²) in [6.45, 7) is 1.78. The van der Waals surface area contributed by atoms with Crippen LogP contribution < -0.4 is 0 Å². The summed E-state index contributed by atoms with van der Waals surface area (Å²) in [5.41, 5.74) is 0.709. The molecule has 0 saturated carbocycles. The van der Waals surface area contributed by atoms with E-state index in [1.165, 1.54) is 28.0 Å². The lowest BCUT2D eigenvalue weighted by Crippen LogP contribution is -2.45. The molecule has 0 aliphatic carbocycles. The fraction of sp³-hybridized carbons (Fsp3) is 0.333. The molecule has 1 aromatic rings. The maximum atomic E-state index is 12.0. The summed E-state index contributed by atoms with van der Waals surface area (Å²) in [5, 5.41) is 13.0. The number of nitrogens with zero attached hydrogens (tertiary/aromatic N) is 1. The Bertz CT molecular complexity index is 482. The van der Waals surface area contributed by atoms with Crippen molar-refractivity contribution in [1.82, 2.24) is 4.90 Å². The van der Waals surface area contributed by atoms with Crippen molar-refractivity contribution < 1.29 is 14.7 Å². The van der Waals surface area contributed by atoms with Crippen LogP contribution in [-0.4, -0.2) is 33.7 Å². The third-order valence-corrected chi connectivity index (χ3v) is 4.38. The highest BCUT2D eigenvalue weighted by Crippen LogP contribution is 2.33. The lowest BCUT2D eigenvalue weighted by Gasteiger charge is -2.32. The summed E-state index contributed by atoms with van der Waals surface area (Å²) in [6.07, 6.45) is 0.397. The van der Waals surface area contributed by atoms with Crippen LogP contribution in [0.3, 0.4) is 0 Å². The molecule has 2 rings (SSSR count). The Labute approximate surface area is 113 Å². The zero-order chi connectivity index (χ0) is 13.1. The molecule has 4 nitrogen and oxygen atoms in total. The summed E-state index contributed by atoms with van der Waals surface area (Å²) >= 11 is 2.92. The molecule has 18 heavy (non-hydrogen) atoms. The van der Waals surface area contributed by atoms with Gasteiger partial charge in [-0.05, 0) is 23.3 Å². The first-order chi connectivity index (χ1) is 8.65. The van der Waals surface area contributed by atoms with Gasteiger partial charge in [-0.15, -0.1) is 23.1 Å². The normalized spacial score (nSPS) is 17.5. The van der Waals surface area contributed by atoms with Gasteiger partial charge < -0.3 is 5.11 Å². The monoisotopic (exact) mass is 283 g/mol. The van der Waals surface area contributed by atoms with Gasteiger partial charge in [-0.25, -0.2) is 4.79 Å². The Hall–Kier alpha value is -1.27. The first kappa shape index (κ1) is 13.2. The Kier molecular flexibility index (Phi) is 4.08. The number of carboxylic acids is 1. The summed E-state index contributed by atoms with van der Waals surface area (Å²) in [5.74, 6) is -0.793. The summed E-state index contributed by atoms with van der Waals surface area (Å²) in [4.78, 5) is 25.6. The maximum Gasteiger partial charge on any atom is 0.326 e. The average Bonchev–Trinajstić information content (AvgIpc) is 2.85. The van der Waals surface area contributed by atoms with Crippen molar-refractivity contribution in [1.29, 1.82) is 0 Å². The first-order valence-electron chi connectivity index (χ1n) is 5.55. The third-order valence-electron chi connectivity index (χ3n) is 2.69. The number of hydrogen-bond acceptors (Lipinski definition) is 4. The van der Waals surface area contributed by atoms with Crippen LogP contribution in [-0.2, 0) is 9.59 Å². The highest BCUT2D eigenvalue weighted by Gasteiger charge is 2.33. The quantitative estimate of drug-likeness (QED) is 0.922. The minimum absolute atomic E-state index is 0.139. The van der Waals surface area contributed by atoms with Gasteiger partial charge in [0.05, 0.1) is 16.3 Å². The topological polar surface area (TPSA) is 57.6 Å². The van der Waals surface area contributed by atoms with Crippen LogP contribution in [0.4, 0.5) is 0 Å². The number of rotatable bonds is 4. The minimum Gasteiger partial charge on any atom is -0.480 e. The molecule has 0 fully saturated rings. The van der Waals surface area contributed by atoms with E-state index in [4.69, 9.17) is 0 Å². The fourth-order valence-electron chi connectivity index (χ4n) is 1.86. The summed E-state index contributed by atoms with van der Waals surface area (Å²) in [7, 11) is 0. The Morgan fingerprint density at radius 3 is 2.94 bits per heavy atom. The molecule has 0 saturated heterocycles. The van der Waals surface area contributed by atoms with Crippen LogP contribution in [0.25, 0.3) is 5.70 Å². The Balaban J connectivity index is 2.39. The highest BCUT2D eigenvalue weighted by atomic mass is 32.2. The maximum absolute atomic E-state index is 12.0. The standard InChI is InChI=1S/C12H13NO3S2/c1-2-8(12(15)16)13-9(6-17-7-11(13)14)10-4-3-5-18-10/h3-6,8H,2,7H2,1H3,(H,15,16). The molecular weight excluding hydrogens is 270 g/mol. The van der Waals surface area contributed by atoms with E-state index in [-0.39, 0.29) is 5.91 Å². The van der Waals surface area contributed by atoms with Crippen molar-refractivity contribution in [3.8, 4) is 0 Å². The second kappa shape index (κ2) is 5.58. The highest BCUT2D eigenvalue weighted by molar-refractivity contribution is 8.03. The number of carboxylic acid groups (broad SMARTS) is 1. The Morgan fingerprint density at radius 2 is 2.39 bits per heavy atom. The van der Waals surface area contributed by atoms with E-state index in [1.54, 1.807) is 6.92 Å². The van der Waals surface area contributed by atoms with E-state index < -0.39 is 12.0 Å². The van der Waals surface area contributed by atoms with Crippen LogP contribution in [0.2, 0.25) is 0 Å². The smallest absolute Gasteiger partial charge is 0.326 e. The number of carbonyl (C=O) groups is 2. The van der Waals surface area contributed by atoms with Gasteiger partial charge >= 0.3 is 5.97 Å². The Morgan fingerprint density at radius 1 is 1.61 bits per heavy atom. The lowest BCUT2D eigenvalue weighted by molar-refractivity contribution is -0.146. The molecule has 6 heteroatoms. The van der Waals surface area contributed by atoms with Crippen molar-refractivity contribution in [3.05, 3.63) is 27.8 Å². The number of thioether (sulfide) groups is 1. The van der Waals surface area contributed by atoms with Gasteiger partial charge in [-0.1, -0.05) is 13.0 Å². The third kappa shape index (κ3) is 2.44. The van der Waals surface area contributed by atoms with Gasteiger partial charge in [-0.3, -0.25) is 9.69 Å². The molecule has 1 atom stereocenters. The molecule has 1 aromatic heterocycles. The molecule has 1 aliphatic heterocycles. The van der Waals surface area contributed by atoms with Crippen LogP contribution in [0.15, 0.2) is 22.9 Å². The predicted octanol–water partition coefficient (Wildman–Crippen LogP) is 2.49. The van der Waals surface area contributed by atoms with Gasteiger partial charge in [0.1, 0.15) is 6.04 Å². The van der Waals surface area contributed by atoms with Crippen molar-refractivity contribution in [3.63, 3.8) is 0 Å². The number of carbonyl (C=O) groups excluding carboxylic acids is 1. The van der Waals surface area contributed by atoms with E-state index in [1.807, 2.05) is 22.9 Å². The zero-order valence-electron chi connectivity index (χ0n) is 9.83. The summed E-state index contributed by atoms with van der Waals surface area (Å²) < 4.78 is 0. The van der Waals surface area contributed by atoms with Crippen molar-refractivity contribution >= 4 is 40.7 Å². The SMILES string of the molecule is CCC(C(=O)O)N1C(=O)CSC=C1c1cccs1. The van der Waals surface area contributed by atoms with Gasteiger partial charge in [0.15, 0.2) is 0 Å². The minimum atomic E-state index is -0.958. The molecule has 1 aliphatic rings. The van der Waals surface area contributed by atoms with E-state index in [0.717, 1.165) is 4.88 Å². The molecule has 1 N–H and O–H groups in total. The van der Waals surface area contributed by atoms with Crippen LogP contribution >= 0.6 is 23.1 Å². The second-order valence-electron chi connectivity index (χ2n) is 3.82. The molecule has 0 spiro atoms. The van der Waals surface area contributed by atoms with Crippen LogP contribution in [0.5, 0.6) is 0 Å². The lowest BCUT2D eigenvalue weighted by atomic mass is 10.1. The second-order valence-corrected chi connectivity index (χ2v) is 5.62. The molecule has 0 aromatic carbocycles.